The summed E-state index contributed by atoms with van der Waals surface area (Å²) < 4.78 is 10.2. The highest BCUT2D eigenvalue weighted by Gasteiger charge is 2.37. The number of halogens is 2. The van der Waals surface area contributed by atoms with Crippen molar-refractivity contribution in [2.24, 2.45) is 7.05 Å². The molecule has 0 bridgehead atoms. The number of pyridine rings is 1. The fraction of sp³-hybridized carbons (Fsp3) is 0.282. The molecular weight excluding hydrogens is 673 g/mol. The van der Waals surface area contributed by atoms with E-state index in [2.05, 4.69) is 16.5 Å². The van der Waals surface area contributed by atoms with Crippen molar-refractivity contribution in [3.8, 4) is 16.9 Å². The number of carboxylic acids is 1. The number of hydrogen-bond donors (Lipinski definition) is 1. The normalized spacial score (nSPS) is 14.5. The molecule has 3 aromatic heterocycles. The number of aryl methyl sites for hydroxylation is 5. The number of aromatic nitrogens is 4. The monoisotopic (exact) mass is 709 g/mol. The fourth-order valence-electron chi connectivity index (χ4n) is 7.50. The molecule has 1 aliphatic heterocycles. The number of ether oxygens (including phenoxy) is 1. The van der Waals surface area contributed by atoms with Crippen LogP contribution in [0.15, 0.2) is 54.7 Å². The quantitative estimate of drug-likeness (QED) is 0.158. The van der Waals surface area contributed by atoms with E-state index < -0.39 is 5.97 Å². The Morgan fingerprint density at radius 1 is 1.02 bits per heavy atom. The molecule has 11 heteroatoms. The van der Waals surface area contributed by atoms with Crippen molar-refractivity contribution in [3.05, 3.63) is 104 Å². The van der Waals surface area contributed by atoms with Crippen LogP contribution in [-0.4, -0.2) is 49.5 Å². The van der Waals surface area contributed by atoms with Gasteiger partial charge in [-0.05, 0) is 107 Å². The number of amides is 1. The number of rotatable bonds is 8. The van der Waals surface area contributed by atoms with Crippen LogP contribution in [0.2, 0.25) is 10.0 Å². The second kappa shape index (κ2) is 12.8. The highest BCUT2D eigenvalue weighted by atomic mass is 35.5. The highest BCUT2D eigenvalue weighted by Crippen LogP contribution is 2.45. The van der Waals surface area contributed by atoms with Gasteiger partial charge in [0.25, 0.3) is 5.91 Å². The predicted octanol–water partition coefficient (Wildman–Crippen LogP) is 9.06. The molecule has 0 saturated carbocycles. The van der Waals surface area contributed by atoms with Gasteiger partial charge in [-0.25, -0.2) is 4.79 Å². The van der Waals surface area contributed by atoms with Crippen LogP contribution in [0.1, 0.15) is 68.3 Å². The van der Waals surface area contributed by atoms with Crippen LogP contribution in [0.4, 0.5) is 5.69 Å². The van der Waals surface area contributed by atoms with E-state index in [1.807, 2.05) is 69.8 Å². The zero-order valence-electron chi connectivity index (χ0n) is 28.8. The molecular formula is C39H37Cl2N5O4. The minimum Gasteiger partial charge on any atom is -0.494 e. The molecule has 0 radical (unpaired) electrons. The maximum atomic E-state index is 14.9. The molecule has 256 valence electrons. The van der Waals surface area contributed by atoms with E-state index in [-0.39, 0.29) is 17.5 Å². The van der Waals surface area contributed by atoms with Gasteiger partial charge in [0.05, 0.1) is 39.6 Å². The molecule has 1 aliphatic rings. The summed E-state index contributed by atoms with van der Waals surface area (Å²) in [6.07, 6.45) is 2.79. The number of nitrogens with zero attached hydrogens (tertiary/aromatic N) is 5. The summed E-state index contributed by atoms with van der Waals surface area (Å²) in [5.41, 5.74) is 9.00. The summed E-state index contributed by atoms with van der Waals surface area (Å²) in [6, 6.07) is 14.5. The lowest BCUT2D eigenvalue weighted by atomic mass is 9.98. The van der Waals surface area contributed by atoms with E-state index in [1.54, 1.807) is 23.2 Å². The summed E-state index contributed by atoms with van der Waals surface area (Å²) in [5, 5.41) is 17.4. The molecule has 0 fully saturated rings. The van der Waals surface area contributed by atoms with Crippen LogP contribution in [0.3, 0.4) is 0 Å². The van der Waals surface area contributed by atoms with E-state index in [1.165, 1.54) is 6.07 Å². The minimum atomic E-state index is -1.07. The molecule has 3 aromatic carbocycles. The molecule has 1 atom stereocenters. The lowest BCUT2D eigenvalue weighted by Gasteiger charge is -2.35. The van der Waals surface area contributed by atoms with Gasteiger partial charge in [-0.1, -0.05) is 29.3 Å². The molecule has 6 aromatic rings. The Morgan fingerprint density at radius 2 is 1.76 bits per heavy atom. The van der Waals surface area contributed by atoms with Crippen molar-refractivity contribution in [2.75, 3.05) is 18.1 Å². The molecule has 4 heterocycles. The first-order valence-corrected chi connectivity index (χ1v) is 17.3. The standard InChI is InChI=1S/C39H37Cl2N5O4/c1-20-17-25(18-21(2)34(20)41)50-16-8-10-26-27-11-13-30(40)33(32-23(4)43-44(6)24(32)5)36(27)46-22(3)19-45(38(47)37(26)46)31-14-12-29(39(48)49)35-28(31)9-7-15-42-35/h7,9,11-15,17-18,22H,8,10,16,19H2,1-6H3,(H,48,49)/t22-/m0/s1. The summed E-state index contributed by atoms with van der Waals surface area (Å²) in [6.45, 7) is 10.8. The average molecular weight is 711 g/mol. The van der Waals surface area contributed by atoms with Crippen molar-refractivity contribution in [1.82, 2.24) is 19.3 Å². The first-order valence-electron chi connectivity index (χ1n) is 16.6. The average Bonchev–Trinajstić information content (AvgIpc) is 3.55. The van der Waals surface area contributed by atoms with Crippen LogP contribution >= 0.6 is 23.2 Å². The van der Waals surface area contributed by atoms with Gasteiger partial charge < -0.3 is 19.3 Å². The van der Waals surface area contributed by atoms with Crippen LogP contribution in [0, 0.1) is 27.7 Å². The summed E-state index contributed by atoms with van der Waals surface area (Å²) >= 11 is 13.4. The highest BCUT2D eigenvalue weighted by molar-refractivity contribution is 6.35. The Kier molecular flexibility index (Phi) is 8.60. The minimum absolute atomic E-state index is 0.0872. The number of carbonyl (C=O) groups excluding carboxylic acids is 1. The van der Waals surface area contributed by atoms with Crippen molar-refractivity contribution < 1.29 is 19.4 Å². The third-order valence-corrected chi connectivity index (χ3v) is 10.7. The zero-order chi connectivity index (χ0) is 35.6. The van der Waals surface area contributed by atoms with Gasteiger partial charge in [0, 0.05) is 58.4 Å². The Bertz CT molecular complexity index is 2350. The van der Waals surface area contributed by atoms with Gasteiger partial charge in [0.1, 0.15) is 11.4 Å². The SMILES string of the molecule is Cc1cc(OCCCc2c3n(c4c(-c5c(C)nn(C)c5C)c(Cl)ccc24)[C@@H](C)CN(c2ccc(C(=O)O)c4ncccc24)C3=O)cc(C)c1Cl. The molecule has 0 aliphatic carbocycles. The van der Waals surface area contributed by atoms with E-state index in [0.29, 0.717) is 53.3 Å². The Balaban J connectivity index is 1.38. The number of fused-ring (bicyclic) bond motifs is 4. The van der Waals surface area contributed by atoms with Gasteiger partial charge in [-0.3, -0.25) is 14.5 Å². The van der Waals surface area contributed by atoms with Crippen LogP contribution in [0.25, 0.3) is 32.9 Å². The molecule has 7 rings (SSSR count). The summed E-state index contributed by atoms with van der Waals surface area (Å²) in [4.78, 5) is 33.1. The maximum absolute atomic E-state index is 14.9. The Labute approximate surface area is 300 Å². The number of carboxylic acid groups (broad SMARTS) is 1. The lowest BCUT2D eigenvalue weighted by molar-refractivity contribution is 0.0698. The third kappa shape index (κ3) is 5.40. The molecule has 0 unspecified atom stereocenters. The van der Waals surface area contributed by atoms with Crippen molar-refractivity contribution >= 4 is 62.6 Å². The molecule has 50 heavy (non-hydrogen) atoms. The van der Waals surface area contributed by atoms with Crippen molar-refractivity contribution in [1.29, 1.82) is 0 Å². The van der Waals surface area contributed by atoms with Crippen molar-refractivity contribution in [2.45, 2.75) is 53.5 Å². The van der Waals surface area contributed by atoms with E-state index in [4.69, 9.17) is 33.0 Å². The summed E-state index contributed by atoms with van der Waals surface area (Å²) in [5.74, 6) is -0.488. The topological polar surface area (TPSA) is 102 Å². The molecule has 0 saturated heterocycles. The number of aromatic carboxylic acids is 1. The number of hydrogen-bond acceptors (Lipinski definition) is 5. The largest absolute Gasteiger partial charge is 0.494 e. The van der Waals surface area contributed by atoms with Gasteiger partial charge in [0.15, 0.2) is 0 Å². The lowest BCUT2D eigenvalue weighted by Crippen LogP contribution is -2.42. The van der Waals surface area contributed by atoms with Crippen LogP contribution < -0.4 is 9.64 Å². The fourth-order valence-corrected chi connectivity index (χ4v) is 7.86. The molecule has 1 N–H and O–H groups in total. The first kappa shape index (κ1) is 33.6. The number of benzene rings is 3. The summed E-state index contributed by atoms with van der Waals surface area (Å²) in [7, 11) is 1.92. The van der Waals surface area contributed by atoms with E-state index >= 15 is 0 Å². The van der Waals surface area contributed by atoms with Gasteiger partial charge in [0.2, 0.25) is 0 Å². The second-order valence-corrected chi connectivity index (χ2v) is 13.9. The van der Waals surface area contributed by atoms with E-state index in [9.17, 15) is 14.7 Å². The number of carbonyl (C=O) groups is 2. The molecule has 9 nitrogen and oxygen atoms in total. The molecule has 0 spiro atoms. The van der Waals surface area contributed by atoms with E-state index in [0.717, 1.165) is 60.9 Å². The Morgan fingerprint density at radius 3 is 2.44 bits per heavy atom. The predicted molar refractivity (Wildman–Crippen MR) is 198 cm³/mol. The Hall–Kier alpha value is -4.86. The third-order valence-electron chi connectivity index (χ3n) is 9.83. The van der Waals surface area contributed by atoms with Gasteiger partial charge >= 0.3 is 5.97 Å². The smallest absolute Gasteiger partial charge is 0.337 e. The van der Waals surface area contributed by atoms with Crippen molar-refractivity contribution in [3.63, 3.8) is 0 Å². The number of anilines is 1. The zero-order valence-corrected chi connectivity index (χ0v) is 30.3. The second-order valence-electron chi connectivity index (χ2n) is 13.1. The first-order chi connectivity index (χ1) is 23.9. The molecule has 1 amide bonds. The van der Waals surface area contributed by atoms with Crippen LogP contribution in [-0.2, 0) is 13.5 Å². The van der Waals surface area contributed by atoms with Gasteiger partial charge in [-0.2, -0.15) is 5.10 Å². The van der Waals surface area contributed by atoms with Gasteiger partial charge in [-0.15, -0.1) is 0 Å². The van der Waals surface area contributed by atoms with Crippen LogP contribution in [0.5, 0.6) is 5.75 Å². The maximum Gasteiger partial charge on any atom is 0.337 e.